The van der Waals surface area contributed by atoms with Crippen LogP contribution in [0.3, 0.4) is 0 Å². The van der Waals surface area contributed by atoms with Crippen molar-refractivity contribution >= 4 is 17.7 Å². The number of amides is 3. The van der Waals surface area contributed by atoms with E-state index in [1.165, 1.54) is 11.9 Å². The Hall–Kier alpha value is -2.11. The summed E-state index contributed by atoms with van der Waals surface area (Å²) in [5.74, 6) is -0.104. The molecular formula is C14H18N2O4. The van der Waals surface area contributed by atoms with Crippen LogP contribution in [0.4, 0.5) is 0 Å². The molecule has 1 atom stereocenters. The van der Waals surface area contributed by atoms with Gasteiger partial charge in [-0.05, 0) is 25.5 Å². The fourth-order valence-corrected chi connectivity index (χ4v) is 2.31. The van der Waals surface area contributed by atoms with Crippen molar-refractivity contribution in [1.82, 2.24) is 9.80 Å². The summed E-state index contributed by atoms with van der Waals surface area (Å²) in [6, 6.07) is 2.57. The van der Waals surface area contributed by atoms with Crippen molar-refractivity contribution in [3.63, 3.8) is 0 Å². The average Bonchev–Trinajstić information content (AvgIpc) is 2.95. The molecule has 0 spiro atoms. The predicted octanol–water partition coefficient (Wildman–Crippen LogP) is 1.20. The van der Waals surface area contributed by atoms with Crippen molar-refractivity contribution in [3.8, 4) is 0 Å². The molecule has 1 aliphatic rings. The van der Waals surface area contributed by atoms with Crippen molar-refractivity contribution in [2.24, 2.45) is 0 Å². The molecule has 0 aliphatic carbocycles. The minimum absolute atomic E-state index is 0.0424. The lowest BCUT2D eigenvalue weighted by Gasteiger charge is -2.25. The van der Waals surface area contributed by atoms with Gasteiger partial charge in [-0.15, -0.1) is 0 Å². The lowest BCUT2D eigenvalue weighted by Crippen LogP contribution is -2.45. The second-order valence-electron chi connectivity index (χ2n) is 4.92. The minimum Gasteiger partial charge on any atom is -0.456 e. The molecule has 2 heterocycles. The first-order valence-electron chi connectivity index (χ1n) is 6.63. The number of rotatable bonds is 4. The van der Waals surface area contributed by atoms with Crippen LogP contribution in [0, 0.1) is 6.92 Å². The molecular weight excluding hydrogens is 260 g/mol. The summed E-state index contributed by atoms with van der Waals surface area (Å²) >= 11 is 0. The highest BCUT2D eigenvalue weighted by Crippen LogP contribution is 2.20. The summed E-state index contributed by atoms with van der Waals surface area (Å²) < 4.78 is 5.32. The van der Waals surface area contributed by atoms with Gasteiger partial charge < -0.3 is 9.32 Å². The monoisotopic (exact) mass is 278 g/mol. The van der Waals surface area contributed by atoms with E-state index in [0.717, 1.165) is 4.90 Å². The molecule has 108 valence electrons. The maximum atomic E-state index is 12.4. The lowest BCUT2D eigenvalue weighted by atomic mass is 10.2. The van der Waals surface area contributed by atoms with Gasteiger partial charge in [-0.25, -0.2) is 0 Å². The topological polar surface area (TPSA) is 70.8 Å². The molecule has 3 amide bonds. The third kappa shape index (κ3) is 2.45. The maximum absolute atomic E-state index is 12.4. The number of likely N-dealkylation sites (tertiary alicyclic amines) is 1. The molecule has 0 radical (unpaired) electrons. The fraction of sp³-hybridized carbons (Fsp3) is 0.500. The Kier molecular flexibility index (Phi) is 3.92. The minimum atomic E-state index is -0.717. The molecule has 1 fully saturated rings. The molecule has 0 unspecified atom stereocenters. The Balaban J connectivity index is 2.25. The smallest absolute Gasteiger partial charge is 0.290 e. The van der Waals surface area contributed by atoms with E-state index >= 15 is 0 Å². The van der Waals surface area contributed by atoms with Crippen LogP contribution in [0.15, 0.2) is 16.5 Å². The van der Waals surface area contributed by atoms with Crippen LogP contribution in [-0.2, 0) is 9.59 Å². The number of carbonyl (C=O) groups is 3. The van der Waals surface area contributed by atoms with E-state index in [1.807, 2.05) is 6.92 Å². The zero-order chi connectivity index (χ0) is 14.9. The summed E-state index contributed by atoms with van der Waals surface area (Å²) in [5.41, 5.74) is 0. The van der Waals surface area contributed by atoms with E-state index in [9.17, 15) is 14.4 Å². The van der Waals surface area contributed by atoms with Gasteiger partial charge in [0, 0.05) is 13.6 Å². The zero-order valence-electron chi connectivity index (χ0n) is 11.9. The third-order valence-electron chi connectivity index (χ3n) is 3.41. The van der Waals surface area contributed by atoms with Crippen molar-refractivity contribution in [2.45, 2.75) is 32.7 Å². The second kappa shape index (κ2) is 5.48. The summed E-state index contributed by atoms with van der Waals surface area (Å²) in [5, 5.41) is 0. The first-order chi connectivity index (χ1) is 9.45. The van der Waals surface area contributed by atoms with E-state index < -0.39 is 6.04 Å². The quantitative estimate of drug-likeness (QED) is 0.776. The fourth-order valence-electron chi connectivity index (χ4n) is 2.31. The summed E-state index contributed by atoms with van der Waals surface area (Å²) in [6.45, 7) is 4.08. The first-order valence-corrected chi connectivity index (χ1v) is 6.63. The van der Waals surface area contributed by atoms with Crippen LogP contribution in [0.25, 0.3) is 0 Å². The molecule has 6 nitrogen and oxygen atoms in total. The van der Waals surface area contributed by atoms with Gasteiger partial charge in [0.25, 0.3) is 11.8 Å². The van der Waals surface area contributed by atoms with Crippen molar-refractivity contribution < 1.29 is 18.8 Å². The molecule has 0 aromatic carbocycles. The standard InChI is InChI=1S/C14H18N2O4/c1-4-7-16(10-8-12(17)15(3)13(10)18)14(19)11-6-5-9(2)20-11/h5-6,10H,4,7-8H2,1-3H3/t10-/m1/s1. The first kappa shape index (κ1) is 14.3. The van der Waals surface area contributed by atoms with E-state index in [4.69, 9.17) is 4.42 Å². The average molecular weight is 278 g/mol. The molecule has 1 aromatic heterocycles. The molecule has 1 saturated heterocycles. The van der Waals surface area contributed by atoms with Gasteiger partial charge in [-0.2, -0.15) is 0 Å². The van der Waals surface area contributed by atoms with Gasteiger partial charge in [-0.1, -0.05) is 6.92 Å². The highest BCUT2D eigenvalue weighted by molar-refractivity contribution is 6.07. The van der Waals surface area contributed by atoms with Crippen LogP contribution >= 0.6 is 0 Å². The Morgan fingerprint density at radius 3 is 2.60 bits per heavy atom. The molecule has 0 bridgehead atoms. The predicted molar refractivity (Wildman–Crippen MR) is 71.0 cm³/mol. The normalized spacial score (nSPS) is 18.8. The van der Waals surface area contributed by atoms with Crippen LogP contribution in [0.5, 0.6) is 0 Å². The maximum Gasteiger partial charge on any atom is 0.290 e. The highest BCUT2D eigenvalue weighted by atomic mass is 16.3. The number of aryl methyl sites for hydroxylation is 1. The Morgan fingerprint density at radius 1 is 1.45 bits per heavy atom. The number of nitrogens with zero attached hydrogens (tertiary/aromatic N) is 2. The number of carbonyl (C=O) groups excluding carboxylic acids is 3. The van der Waals surface area contributed by atoms with E-state index in [1.54, 1.807) is 19.1 Å². The molecule has 20 heavy (non-hydrogen) atoms. The summed E-state index contributed by atoms with van der Waals surface area (Å²) in [4.78, 5) is 38.6. The zero-order valence-corrected chi connectivity index (χ0v) is 11.9. The number of hydrogen-bond donors (Lipinski definition) is 0. The molecule has 1 aromatic rings. The number of furan rings is 1. The van der Waals surface area contributed by atoms with E-state index in [0.29, 0.717) is 18.7 Å². The van der Waals surface area contributed by atoms with Crippen molar-refractivity contribution in [3.05, 3.63) is 23.7 Å². The Labute approximate surface area is 117 Å². The van der Waals surface area contributed by atoms with Crippen LogP contribution in [-0.4, -0.2) is 47.2 Å². The van der Waals surface area contributed by atoms with Crippen LogP contribution in [0.2, 0.25) is 0 Å². The lowest BCUT2D eigenvalue weighted by molar-refractivity contribution is -0.137. The molecule has 2 rings (SSSR count). The van der Waals surface area contributed by atoms with Gasteiger partial charge in [0.2, 0.25) is 5.91 Å². The number of hydrogen-bond acceptors (Lipinski definition) is 4. The summed E-state index contributed by atoms with van der Waals surface area (Å²) in [7, 11) is 1.44. The Morgan fingerprint density at radius 2 is 2.15 bits per heavy atom. The summed E-state index contributed by atoms with van der Waals surface area (Å²) in [6.07, 6.45) is 0.744. The number of likely N-dealkylation sites (N-methyl/N-ethyl adjacent to an activating group) is 1. The van der Waals surface area contributed by atoms with Crippen LogP contribution < -0.4 is 0 Å². The molecule has 1 aliphatic heterocycles. The van der Waals surface area contributed by atoms with Crippen molar-refractivity contribution in [1.29, 1.82) is 0 Å². The van der Waals surface area contributed by atoms with E-state index in [-0.39, 0.29) is 29.9 Å². The molecule has 6 heteroatoms. The SMILES string of the molecule is CCCN(C(=O)c1ccc(C)o1)[C@@H]1CC(=O)N(C)C1=O. The van der Waals surface area contributed by atoms with Gasteiger partial charge >= 0.3 is 0 Å². The molecule has 0 saturated carbocycles. The third-order valence-corrected chi connectivity index (χ3v) is 3.41. The van der Waals surface area contributed by atoms with Gasteiger partial charge in [0.15, 0.2) is 5.76 Å². The highest BCUT2D eigenvalue weighted by Gasteiger charge is 2.42. The van der Waals surface area contributed by atoms with E-state index in [2.05, 4.69) is 0 Å². The largest absolute Gasteiger partial charge is 0.456 e. The van der Waals surface area contributed by atoms with Gasteiger partial charge in [0.05, 0.1) is 6.42 Å². The number of imide groups is 1. The second-order valence-corrected chi connectivity index (χ2v) is 4.92. The van der Waals surface area contributed by atoms with Gasteiger partial charge in [0.1, 0.15) is 11.8 Å². The van der Waals surface area contributed by atoms with Crippen LogP contribution in [0.1, 0.15) is 36.1 Å². The van der Waals surface area contributed by atoms with Crippen molar-refractivity contribution in [2.75, 3.05) is 13.6 Å². The Bertz CT molecular complexity index is 549. The molecule has 0 N–H and O–H groups in total. The van der Waals surface area contributed by atoms with Gasteiger partial charge in [-0.3, -0.25) is 19.3 Å².